The molecule has 2 heterocycles. The van der Waals surface area contributed by atoms with E-state index in [-0.39, 0.29) is 6.03 Å². The van der Waals surface area contributed by atoms with E-state index in [1.54, 1.807) is 30.6 Å². The van der Waals surface area contributed by atoms with Crippen molar-refractivity contribution in [2.75, 3.05) is 10.6 Å². The molecule has 0 aliphatic heterocycles. The molecule has 4 rings (SSSR count). The molecule has 2 N–H and O–H groups in total. The van der Waals surface area contributed by atoms with Gasteiger partial charge in [0, 0.05) is 29.0 Å². The number of nitrogens with one attached hydrogen (secondary N) is 2. The predicted octanol–water partition coefficient (Wildman–Crippen LogP) is 4.99. The minimum atomic E-state index is -0.381. The van der Waals surface area contributed by atoms with Gasteiger partial charge in [0.1, 0.15) is 5.15 Å². The van der Waals surface area contributed by atoms with Crippen LogP contribution in [0.5, 0.6) is 0 Å². The van der Waals surface area contributed by atoms with Gasteiger partial charge in [-0.25, -0.2) is 19.7 Å². The summed E-state index contributed by atoms with van der Waals surface area (Å²) in [4.78, 5) is 25.2. The number of aromatic nitrogens is 3. The summed E-state index contributed by atoms with van der Waals surface area (Å²) in [5, 5.41) is 6.76. The average Bonchev–Trinajstić information content (AvgIpc) is 2.68. The Kier molecular flexibility index (Phi) is 4.63. The molecular weight excluding hydrogens is 362 g/mol. The highest BCUT2D eigenvalue weighted by Gasteiger charge is 2.09. The van der Waals surface area contributed by atoms with E-state index < -0.39 is 0 Å². The van der Waals surface area contributed by atoms with Gasteiger partial charge in [0.25, 0.3) is 0 Å². The van der Waals surface area contributed by atoms with Gasteiger partial charge >= 0.3 is 6.03 Å². The van der Waals surface area contributed by atoms with Gasteiger partial charge in [-0.05, 0) is 30.3 Å². The number of halogens is 1. The Morgan fingerprint density at radius 3 is 2.56 bits per heavy atom. The van der Waals surface area contributed by atoms with Crippen molar-refractivity contribution in [2.24, 2.45) is 0 Å². The number of hydrogen-bond acceptors (Lipinski definition) is 4. The second-order valence-corrected chi connectivity index (χ2v) is 6.13. The zero-order valence-electron chi connectivity index (χ0n) is 14.1. The number of rotatable bonds is 3. The van der Waals surface area contributed by atoms with Crippen LogP contribution in [0.3, 0.4) is 0 Å². The maximum atomic E-state index is 12.5. The van der Waals surface area contributed by atoms with E-state index in [9.17, 15) is 4.79 Å². The number of amides is 2. The van der Waals surface area contributed by atoms with Gasteiger partial charge in [0.05, 0.1) is 11.2 Å². The van der Waals surface area contributed by atoms with Crippen LogP contribution >= 0.6 is 11.6 Å². The number of benzene rings is 2. The van der Waals surface area contributed by atoms with Crippen molar-refractivity contribution in [1.29, 1.82) is 0 Å². The Hall–Kier alpha value is -3.51. The van der Waals surface area contributed by atoms with Crippen molar-refractivity contribution < 1.29 is 4.79 Å². The van der Waals surface area contributed by atoms with Gasteiger partial charge in [-0.3, -0.25) is 0 Å². The number of carbonyl (C=O) groups excluding carboxylic acids is 1. The van der Waals surface area contributed by atoms with Crippen LogP contribution in [0.2, 0.25) is 5.15 Å². The van der Waals surface area contributed by atoms with Crippen LogP contribution in [0.1, 0.15) is 0 Å². The standard InChI is InChI=1S/C20H14ClN5O/c21-18-12-17(15-7-1-2-8-16(15)25-18)26-20(27)24-14-6-3-5-13(11-14)19-22-9-4-10-23-19/h1-12H,(H2,24,25,26,27). The molecule has 0 saturated heterocycles. The van der Waals surface area contributed by atoms with Crippen molar-refractivity contribution in [3.63, 3.8) is 0 Å². The lowest BCUT2D eigenvalue weighted by atomic mass is 10.2. The third-order valence-corrected chi connectivity index (χ3v) is 4.07. The van der Waals surface area contributed by atoms with Crippen LogP contribution in [-0.2, 0) is 0 Å². The van der Waals surface area contributed by atoms with Gasteiger partial charge in [-0.1, -0.05) is 41.9 Å². The van der Waals surface area contributed by atoms with Crippen LogP contribution in [0, 0.1) is 0 Å². The Bertz CT molecular complexity index is 1120. The molecule has 2 aromatic carbocycles. The van der Waals surface area contributed by atoms with Crippen molar-refractivity contribution >= 4 is 39.9 Å². The van der Waals surface area contributed by atoms with E-state index in [0.29, 0.717) is 27.9 Å². The molecule has 0 atom stereocenters. The number of carbonyl (C=O) groups is 1. The highest BCUT2D eigenvalue weighted by Crippen LogP contribution is 2.25. The smallest absolute Gasteiger partial charge is 0.308 e. The summed E-state index contributed by atoms with van der Waals surface area (Å²) < 4.78 is 0. The van der Waals surface area contributed by atoms with Crippen LogP contribution < -0.4 is 10.6 Å². The molecule has 27 heavy (non-hydrogen) atoms. The highest BCUT2D eigenvalue weighted by atomic mass is 35.5. The molecule has 2 aromatic heterocycles. The molecular formula is C20H14ClN5O. The molecule has 0 aliphatic rings. The number of fused-ring (bicyclic) bond motifs is 1. The third kappa shape index (κ3) is 3.86. The zero-order chi connectivity index (χ0) is 18.6. The fraction of sp³-hybridized carbons (Fsp3) is 0. The summed E-state index contributed by atoms with van der Waals surface area (Å²) in [5.74, 6) is 0.591. The second-order valence-electron chi connectivity index (χ2n) is 5.74. The first kappa shape index (κ1) is 16.9. The van der Waals surface area contributed by atoms with Crippen molar-refractivity contribution in [1.82, 2.24) is 15.0 Å². The lowest BCUT2D eigenvalue weighted by Gasteiger charge is -2.11. The monoisotopic (exact) mass is 375 g/mol. The Morgan fingerprint density at radius 1 is 0.889 bits per heavy atom. The largest absolute Gasteiger partial charge is 0.323 e. The maximum absolute atomic E-state index is 12.5. The predicted molar refractivity (Wildman–Crippen MR) is 107 cm³/mol. The highest BCUT2D eigenvalue weighted by molar-refractivity contribution is 6.30. The molecule has 0 bridgehead atoms. The minimum Gasteiger partial charge on any atom is -0.308 e. The number of urea groups is 1. The molecule has 0 radical (unpaired) electrons. The summed E-state index contributed by atoms with van der Waals surface area (Å²) in [5.41, 5.74) is 2.74. The molecule has 132 valence electrons. The van der Waals surface area contributed by atoms with Gasteiger partial charge in [0.2, 0.25) is 0 Å². The third-order valence-electron chi connectivity index (χ3n) is 3.88. The first-order chi connectivity index (χ1) is 13.2. The molecule has 0 spiro atoms. The van der Waals surface area contributed by atoms with Crippen LogP contribution in [0.4, 0.5) is 16.2 Å². The molecule has 0 aliphatic carbocycles. The molecule has 2 amide bonds. The van der Waals surface area contributed by atoms with E-state index in [1.807, 2.05) is 42.5 Å². The van der Waals surface area contributed by atoms with E-state index >= 15 is 0 Å². The lowest BCUT2D eigenvalue weighted by Crippen LogP contribution is -2.19. The summed E-state index contributed by atoms with van der Waals surface area (Å²) >= 11 is 6.06. The summed E-state index contributed by atoms with van der Waals surface area (Å²) in [6.45, 7) is 0. The quantitative estimate of drug-likeness (QED) is 0.494. The molecule has 0 saturated carbocycles. The van der Waals surface area contributed by atoms with E-state index in [1.165, 1.54) is 0 Å². The topological polar surface area (TPSA) is 79.8 Å². The number of nitrogens with zero attached hydrogens (tertiary/aromatic N) is 3. The summed E-state index contributed by atoms with van der Waals surface area (Å²) in [7, 11) is 0. The lowest BCUT2D eigenvalue weighted by molar-refractivity contribution is 0.262. The summed E-state index contributed by atoms with van der Waals surface area (Å²) in [6, 6.07) is 17.8. The van der Waals surface area contributed by atoms with Crippen LogP contribution in [-0.4, -0.2) is 21.0 Å². The number of para-hydroxylation sites is 1. The first-order valence-electron chi connectivity index (χ1n) is 8.20. The average molecular weight is 376 g/mol. The SMILES string of the molecule is O=C(Nc1cccc(-c2ncccn2)c1)Nc1cc(Cl)nc2ccccc12. The second kappa shape index (κ2) is 7.39. The first-order valence-corrected chi connectivity index (χ1v) is 8.57. The fourth-order valence-electron chi connectivity index (χ4n) is 2.72. The normalized spacial score (nSPS) is 10.6. The minimum absolute atomic E-state index is 0.312. The van der Waals surface area contributed by atoms with Gasteiger partial charge in [-0.15, -0.1) is 0 Å². The van der Waals surface area contributed by atoms with Gasteiger partial charge < -0.3 is 10.6 Å². The number of anilines is 2. The molecule has 4 aromatic rings. The zero-order valence-corrected chi connectivity index (χ0v) is 14.8. The van der Waals surface area contributed by atoms with Gasteiger partial charge in [-0.2, -0.15) is 0 Å². The summed E-state index contributed by atoms with van der Waals surface area (Å²) in [6.07, 6.45) is 3.35. The van der Waals surface area contributed by atoms with Crippen LogP contribution in [0.15, 0.2) is 73.1 Å². The van der Waals surface area contributed by atoms with Crippen molar-refractivity contribution in [3.05, 3.63) is 78.2 Å². The Balaban J connectivity index is 1.56. The molecule has 0 fully saturated rings. The Morgan fingerprint density at radius 2 is 1.70 bits per heavy atom. The molecule has 6 nitrogen and oxygen atoms in total. The maximum Gasteiger partial charge on any atom is 0.323 e. The molecule has 7 heteroatoms. The van der Waals surface area contributed by atoms with Crippen molar-refractivity contribution in [3.8, 4) is 11.4 Å². The van der Waals surface area contributed by atoms with Crippen LogP contribution in [0.25, 0.3) is 22.3 Å². The number of pyridine rings is 1. The number of hydrogen-bond donors (Lipinski definition) is 2. The molecule has 0 unspecified atom stereocenters. The fourth-order valence-corrected chi connectivity index (χ4v) is 2.92. The van der Waals surface area contributed by atoms with E-state index in [2.05, 4.69) is 25.6 Å². The van der Waals surface area contributed by atoms with Gasteiger partial charge in [0.15, 0.2) is 5.82 Å². The van der Waals surface area contributed by atoms with E-state index in [4.69, 9.17) is 11.6 Å². The Labute approximate surface area is 160 Å². The van der Waals surface area contributed by atoms with Crippen molar-refractivity contribution in [2.45, 2.75) is 0 Å². The van der Waals surface area contributed by atoms with E-state index in [0.717, 1.165) is 10.9 Å².